The Morgan fingerprint density at radius 2 is 2.44 bits per heavy atom. The first-order valence-corrected chi connectivity index (χ1v) is 5.96. The van der Waals surface area contributed by atoms with Crippen LogP contribution in [-0.2, 0) is 6.42 Å². The van der Waals surface area contributed by atoms with Gasteiger partial charge in [-0.3, -0.25) is 4.98 Å². The molecule has 0 spiro atoms. The van der Waals surface area contributed by atoms with Crippen molar-refractivity contribution in [2.24, 2.45) is 0 Å². The van der Waals surface area contributed by atoms with Gasteiger partial charge in [-0.05, 0) is 51.4 Å². The Morgan fingerprint density at radius 3 is 3.19 bits per heavy atom. The first-order valence-electron chi connectivity index (χ1n) is 5.96. The maximum atomic E-state index is 10.5. The molecule has 3 heteroatoms. The molecule has 1 aliphatic rings. The van der Waals surface area contributed by atoms with E-state index in [0.717, 1.165) is 31.5 Å². The van der Waals surface area contributed by atoms with Crippen molar-refractivity contribution in [3.8, 4) is 0 Å². The number of aromatic nitrogens is 1. The molecule has 2 atom stereocenters. The molecule has 0 radical (unpaired) electrons. The van der Waals surface area contributed by atoms with Gasteiger partial charge in [0, 0.05) is 17.8 Å². The van der Waals surface area contributed by atoms with E-state index in [2.05, 4.69) is 16.4 Å². The van der Waals surface area contributed by atoms with Crippen molar-refractivity contribution >= 4 is 0 Å². The fourth-order valence-corrected chi connectivity index (χ4v) is 2.57. The minimum Gasteiger partial charge on any atom is -0.389 e. The van der Waals surface area contributed by atoms with Crippen LogP contribution in [0.25, 0.3) is 0 Å². The number of nitrogens with zero attached hydrogens (tertiary/aromatic N) is 1. The van der Waals surface area contributed by atoms with Crippen molar-refractivity contribution in [2.45, 2.75) is 37.7 Å². The van der Waals surface area contributed by atoms with Crippen LogP contribution in [0.15, 0.2) is 18.3 Å². The molecule has 0 saturated heterocycles. The molecule has 2 unspecified atom stereocenters. The number of hydrogen-bond donors (Lipinski definition) is 2. The number of nitrogens with one attached hydrogen (secondary N) is 1. The summed E-state index contributed by atoms with van der Waals surface area (Å²) >= 11 is 0. The number of pyridine rings is 1. The van der Waals surface area contributed by atoms with Crippen LogP contribution in [0.4, 0.5) is 0 Å². The molecule has 0 aromatic carbocycles. The first kappa shape index (κ1) is 11.6. The molecular weight excluding hydrogens is 200 g/mol. The second-order valence-electron chi connectivity index (χ2n) is 4.85. The predicted molar refractivity (Wildman–Crippen MR) is 64.5 cm³/mol. The lowest BCUT2D eigenvalue weighted by Gasteiger charge is -2.30. The normalized spacial score (nSPS) is 22.8. The first-order chi connectivity index (χ1) is 7.65. The van der Waals surface area contributed by atoms with Gasteiger partial charge in [-0.15, -0.1) is 0 Å². The maximum Gasteiger partial charge on any atom is 0.0715 e. The second kappa shape index (κ2) is 4.52. The lowest BCUT2D eigenvalue weighted by atomic mass is 9.84. The molecule has 1 aromatic rings. The van der Waals surface area contributed by atoms with Gasteiger partial charge in [-0.1, -0.05) is 6.07 Å². The Bertz CT molecular complexity index is 363. The van der Waals surface area contributed by atoms with Crippen molar-refractivity contribution in [2.75, 3.05) is 13.6 Å². The van der Waals surface area contributed by atoms with Gasteiger partial charge in [0.25, 0.3) is 0 Å². The molecule has 1 heterocycles. The van der Waals surface area contributed by atoms with Crippen LogP contribution in [0.3, 0.4) is 0 Å². The Balaban J connectivity index is 2.17. The molecule has 0 aliphatic heterocycles. The zero-order valence-electron chi connectivity index (χ0n) is 10.0. The average Bonchev–Trinajstić information content (AvgIpc) is 2.71. The summed E-state index contributed by atoms with van der Waals surface area (Å²) in [7, 11) is 1.91. The molecule has 88 valence electrons. The third-order valence-electron chi connectivity index (χ3n) is 3.59. The largest absolute Gasteiger partial charge is 0.389 e. The van der Waals surface area contributed by atoms with Gasteiger partial charge in [0.05, 0.1) is 5.60 Å². The van der Waals surface area contributed by atoms with Crippen LogP contribution in [-0.4, -0.2) is 29.3 Å². The molecule has 0 bridgehead atoms. The highest BCUT2D eigenvalue weighted by Gasteiger charge is 2.37. The van der Waals surface area contributed by atoms with E-state index in [1.807, 2.05) is 26.2 Å². The quantitative estimate of drug-likeness (QED) is 0.807. The third kappa shape index (κ3) is 2.11. The van der Waals surface area contributed by atoms with Crippen molar-refractivity contribution < 1.29 is 5.11 Å². The van der Waals surface area contributed by atoms with Gasteiger partial charge in [0.15, 0.2) is 0 Å². The second-order valence-corrected chi connectivity index (χ2v) is 4.85. The van der Waals surface area contributed by atoms with Gasteiger partial charge in [-0.2, -0.15) is 0 Å². The van der Waals surface area contributed by atoms with E-state index in [9.17, 15) is 5.11 Å². The fraction of sp³-hybridized carbons (Fsp3) is 0.615. The molecule has 2 rings (SSSR count). The van der Waals surface area contributed by atoms with Crippen LogP contribution < -0.4 is 5.32 Å². The van der Waals surface area contributed by atoms with E-state index >= 15 is 0 Å². The van der Waals surface area contributed by atoms with Crippen molar-refractivity contribution in [1.29, 1.82) is 0 Å². The van der Waals surface area contributed by atoms with E-state index in [4.69, 9.17) is 0 Å². The summed E-state index contributed by atoms with van der Waals surface area (Å²) in [6.07, 6.45) is 4.65. The lowest BCUT2D eigenvalue weighted by molar-refractivity contribution is 0.0219. The van der Waals surface area contributed by atoms with Crippen LogP contribution in [0.2, 0.25) is 0 Å². The summed E-state index contributed by atoms with van der Waals surface area (Å²) < 4.78 is 0. The van der Waals surface area contributed by atoms with E-state index in [1.54, 1.807) is 0 Å². The third-order valence-corrected chi connectivity index (χ3v) is 3.59. The summed E-state index contributed by atoms with van der Waals surface area (Å²) in [5.74, 6) is 0.192. The Kier molecular flexibility index (Phi) is 3.26. The summed E-state index contributed by atoms with van der Waals surface area (Å²) in [5.41, 5.74) is 1.75. The summed E-state index contributed by atoms with van der Waals surface area (Å²) in [6.45, 7) is 2.77. The van der Waals surface area contributed by atoms with Crippen molar-refractivity contribution in [1.82, 2.24) is 10.3 Å². The Hall–Kier alpha value is -0.930. The molecular formula is C13H20N2O. The Morgan fingerprint density at radius 1 is 1.62 bits per heavy atom. The Labute approximate surface area is 96.9 Å². The SMILES string of the molecule is CNCCC(C)(O)C1CCc2cccnc21. The summed E-state index contributed by atoms with van der Waals surface area (Å²) in [4.78, 5) is 4.43. The maximum absolute atomic E-state index is 10.5. The van der Waals surface area contributed by atoms with Crippen LogP contribution in [0.1, 0.15) is 36.9 Å². The number of aliphatic hydroxyl groups is 1. The molecule has 0 amide bonds. The monoisotopic (exact) mass is 220 g/mol. The van der Waals surface area contributed by atoms with Crippen molar-refractivity contribution in [3.05, 3.63) is 29.6 Å². The van der Waals surface area contributed by atoms with Gasteiger partial charge in [0.1, 0.15) is 0 Å². The highest BCUT2D eigenvalue weighted by molar-refractivity contribution is 5.30. The molecule has 3 nitrogen and oxygen atoms in total. The van der Waals surface area contributed by atoms with E-state index in [-0.39, 0.29) is 5.92 Å². The van der Waals surface area contributed by atoms with E-state index in [1.165, 1.54) is 5.56 Å². The number of aryl methyl sites for hydroxylation is 1. The smallest absolute Gasteiger partial charge is 0.0715 e. The molecule has 0 saturated carbocycles. The minimum absolute atomic E-state index is 0.192. The van der Waals surface area contributed by atoms with Crippen LogP contribution in [0, 0.1) is 0 Å². The molecule has 1 aromatic heterocycles. The minimum atomic E-state index is -0.650. The zero-order valence-corrected chi connectivity index (χ0v) is 10.0. The standard InChI is InChI=1S/C13H20N2O/c1-13(16,7-9-14-2)11-6-5-10-4-3-8-15-12(10)11/h3-4,8,11,14,16H,5-7,9H2,1-2H3. The lowest BCUT2D eigenvalue weighted by Crippen LogP contribution is -2.35. The van der Waals surface area contributed by atoms with Crippen LogP contribution in [0.5, 0.6) is 0 Å². The average molecular weight is 220 g/mol. The topological polar surface area (TPSA) is 45.1 Å². The van der Waals surface area contributed by atoms with Crippen molar-refractivity contribution in [3.63, 3.8) is 0 Å². The summed E-state index contributed by atoms with van der Waals surface area (Å²) in [6, 6.07) is 4.10. The number of hydrogen-bond acceptors (Lipinski definition) is 3. The van der Waals surface area contributed by atoms with Gasteiger partial charge < -0.3 is 10.4 Å². The summed E-state index contributed by atoms with van der Waals surface area (Å²) in [5, 5.41) is 13.6. The molecule has 2 N–H and O–H groups in total. The number of rotatable bonds is 4. The molecule has 0 fully saturated rings. The van der Waals surface area contributed by atoms with Gasteiger partial charge in [-0.25, -0.2) is 0 Å². The van der Waals surface area contributed by atoms with E-state index in [0.29, 0.717) is 0 Å². The number of fused-ring (bicyclic) bond motifs is 1. The highest BCUT2D eigenvalue weighted by Crippen LogP contribution is 2.40. The predicted octanol–water partition coefficient (Wildman–Crippen LogP) is 1.47. The molecule has 1 aliphatic carbocycles. The van der Waals surface area contributed by atoms with Gasteiger partial charge >= 0.3 is 0 Å². The zero-order chi connectivity index (χ0) is 11.6. The van der Waals surface area contributed by atoms with Gasteiger partial charge in [0.2, 0.25) is 0 Å². The van der Waals surface area contributed by atoms with Crippen LogP contribution >= 0.6 is 0 Å². The van der Waals surface area contributed by atoms with E-state index < -0.39 is 5.60 Å². The highest BCUT2D eigenvalue weighted by atomic mass is 16.3. The fourth-order valence-electron chi connectivity index (χ4n) is 2.57. The molecule has 16 heavy (non-hydrogen) atoms.